The molecule has 1 atom stereocenters. The quantitative estimate of drug-likeness (QED) is 0.939. The summed E-state index contributed by atoms with van der Waals surface area (Å²) in [4.78, 5) is 0. The van der Waals surface area contributed by atoms with Crippen molar-refractivity contribution in [1.82, 2.24) is 9.78 Å². The Morgan fingerprint density at radius 2 is 2.17 bits per heavy atom. The molecule has 2 rings (SSSR count). The van der Waals surface area contributed by atoms with Gasteiger partial charge in [-0.25, -0.2) is 0 Å². The average molecular weight is 309 g/mol. The second kappa shape index (κ2) is 5.67. The normalized spacial score (nSPS) is 12.7. The molecule has 0 aliphatic rings. The summed E-state index contributed by atoms with van der Waals surface area (Å²) in [5.74, 6) is 0. The Bertz CT molecular complexity index is 516. The maximum Gasteiger partial charge on any atom is 0.121 e. The second-order valence-corrected chi connectivity index (χ2v) is 5.36. The van der Waals surface area contributed by atoms with Crippen molar-refractivity contribution in [1.29, 1.82) is 0 Å². The molecule has 0 aliphatic carbocycles. The van der Waals surface area contributed by atoms with Crippen LogP contribution in [0.2, 0.25) is 0 Å². The molecule has 2 aromatic rings. The number of hydrogen-bond donors (Lipinski definition) is 1. The first-order valence-electron chi connectivity index (χ1n) is 6.08. The van der Waals surface area contributed by atoms with Crippen LogP contribution in [-0.4, -0.2) is 14.9 Å². The van der Waals surface area contributed by atoms with Crippen molar-refractivity contribution in [3.63, 3.8) is 0 Å². The molecule has 0 bridgehead atoms. The molecular weight excluding hydrogens is 292 g/mol. The zero-order valence-corrected chi connectivity index (χ0v) is 12.2. The third kappa shape index (κ3) is 2.82. The average Bonchev–Trinajstić information content (AvgIpc) is 2.75. The summed E-state index contributed by atoms with van der Waals surface area (Å²) in [5.41, 5.74) is 2.86. The molecule has 0 aliphatic heterocycles. The maximum absolute atomic E-state index is 10.5. The fraction of sp³-hybridized carbons (Fsp3) is 0.357. The molecule has 1 unspecified atom stereocenters. The van der Waals surface area contributed by atoms with Gasteiger partial charge in [0.15, 0.2) is 0 Å². The van der Waals surface area contributed by atoms with Crippen molar-refractivity contribution in [3.05, 3.63) is 51.8 Å². The largest absolute Gasteiger partial charge is 0.382 e. The van der Waals surface area contributed by atoms with Crippen molar-refractivity contribution >= 4 is 15.9 Å². The van der Waals surface area contributed by atoms with Gasteiger partial charge in [0.2, 0.25) is 0 Å². The monoisotopic (exact) mass is 308 g/mol. The topological polar surface area (TPSA) is 38.0 Å². The predicted molar refractivity (Wildman–Crippen MR) is 75.5 cm³/mol. The van der Waals surface area contributed by atoms with E-state index in [4.69, 9.17) is 0 Å². The molecule has 0 amide bonds. The highest BCUT2D eigenvalue weighted by Crippen LogP contribution is 2.25. The van der Waals surface area contributed by atoms with Crippen LogP contribution in [0.1, 0.15) is 36.3 Å². The van der Waals surface area contributed by atoms with Gasteiger partial charge in [0.05, 0.1) is 5.69 Å². The SMILES string of the molecule is CCCn1nccc1C(O)c1cc(C)cc(Br)c1. The highest BCUT2D eigenvalue weighted by molar-refractivity contribution is 9.10. The van der Waals surface area contributed by atoms with E-state index in [9.17, 15) is 5.11 Å². The van der Waals surface area contributed by atoms with E-state index in [1.54, 1.807) is 6.20 Å². The summed E-state index contributed by atoms with van der Waals surface area (Å²) in [6, 6.07) is 7.84. The van der Waals surface area contributed by atoms with Crippen LogP contribution in [0.25, 0.3) is 0 Å². The first-order valence-corrected chi connectivity index (χ1v) is 6.88. The van der Waals surface area contributed by atoms with Gasteiger partial charge in [-0.05, 0) is 42.7 Å². The Morgan fingerprint density at radius 3 is 2.83 bits per heavy atom. The van der Waals surface area contributed by atoms with Gasteiger partial charge in [-0.1, -0.05) is 28.9 Å². The number of aliphatic hydroxyl groups is 1. The third-order valence-electron chi connectivity index (χ3n) is 2.85. The van der Waals surface area contributed by atoms with Crippen LogP contribution in [0, 0.1) is 6.92 Å². The summed E-state index contributed by atoms with van der Waals surface area (Å²) in [6.07, 6.45) is 2.10. The minimum atomic E-state index is -0.629. The Kier molecular flexibility index (Phi) is 4.19. The van der Waals surface area contributed by atoms with E-state index in [0.717, 1.165) is 34.3 Å². The number of aromatic nitrogens is 2. The number of nitrogens with zero attached hydrogens (tertiary/aromatic N) is 2. The van der Waals surface area contributed by atoms with Crippen LogP contribution in [-0.2, 0) is 6.54 Å². The molecular formula is C14H17BrN2O. The van der Waals surface area contributed by atoms with E-state index in [2.05, 4.69) is 28.0 Å². The Hall–Kier alpha value is -1.13. The summed E-state index contributed by atoms with van der Waals surface area (Å²) in [7, 11) is 0. The first kappa shape index (κ1) is 13.3. The Labute approximate surface area is 116 Å². The lowest BCUT2D eigenvalue weighted by Crippen LogP contribution is -2.10. The highest BCUT2D eigenvalue weighted by Gasteiger charge is 2.15. The third-order valence-corrected chi connectivity index (χ3v) is 3.30. The van der Waals surface area contributed by atoms with Crippen molar-refractivity contribution in [2.45, 2.75) is 32.9 Å². The first-order chi connectivity index (χ1) is 8.61. The Morgan fingerprint density at radius 1 is 1.39 bits per heavy atom. The second-order valence-electron chi connectivity index (χ2n) is 4.44. The number of halogens is 1. The molecule has 96 valence electrons. The van der Waals surface area contributed by atoms with Gasteiger partial charge in [-0.15, -0.1) is 0 Å². The molecule has 0 saturated heterocycles. The zero-order chi connectivity index (χ0) is 13.1. The van der Waals surface area contributed by atoms with Crippen LogP contribution in [0.5, 0.6) is 0 Å². The van der Waals surface area contributed by atoms with Gasteiger partial charge in [-0.3, -0.25) is 4.68 Å². The van der Waals surface area contributed by atoms with Crippen molar-refractivity contribution in [3.8, 4) is 0 Å². The number of aryl methyl sites for hydroxylation is 2. The number of rotatable bonds is 4. The van der Waals surface area contributed by atoms with Crippen LogP contribution in [0.3, 0.4) is 0 Å². The lowest BCUT2D eigenvalue weighted by Gasteiger charge is -2.14. The molecule has 4 heteroatoms. The molecule has 1 aromatic heterocycles. The van der Waals surface area contributed by atoms with Crippen LogP contribution in [0.15, 0.2) is 34.9 Å². The fourth-order valence-electron chi connectivity index (χ4n) is 2.07. The lowest BCUT2D eigenvalue weighted by atomic mass is 10.0. The number of benzene rings is 1. The highest BCUT2D eigenvalue weighted by atomic mass is 79.9. The molecule has 1 N–H and O–H groups in total. The molecule has 0 fully saturated rings. The van der Waals surface area contributed by atoms with E-state index in [1.807, 2.05) is 35.9 Å². The van der Waals surface area contributed by atoms with E-state index in [-0.39, 0.29) is 0 Å². The van der Waals surface area contributed by atoms with E-state index in [0.29, 0.717) is 0 Å². The summed E-state index contributed by atoms with van der Waals surface area (Å²) >= 11 is 3.46. The molecule has 1 aromatic carbocycles. The lowest BCUT2D eigenvalue weighted by molar-refractivity contribution is 0.207. The maximum atomic E-state index is 10.5. The van der Waals surface area contributed by atoms with Gasteiger partial charge >= 0.3 is 0 Å². The molecule has 0 spiro atoms. The van der Waals surface area contributed by atoms with E-state index < -0.39 is 6.10 Å². The predicted octanol–water partition coefficient (Wildman–Crippen LogP) is 3.45. The summed E-state index contributed by atoms with van der Waals surface area (Å²) < 4.78 is 2.85. The van der Waals surface area contributed by atoms with Crippen LogP contribution >= 0.6 is 15.9 Å². The van der Waals surface area contributed by atoms with Gasteiger partial charge in [-0.2, -0.15) is 5.10 Å². The molecule has 18 heavy (non-hydrogen) atoms. The molecule has 0 radical (unpaired) electrons. The van der Waals surface area contributed by atoms with Gasteiger partial charge in [0.25, 0.3) is 0 Å². The summed E-state index contributed by atoms with van der Waals surface area (Å²) in [6.45, 7) is 4.94. The minimum absolute atomic E-state index is 0.629. The zero-order valence-electron chi connectivity index (χ0n) is 10.6. The molecule has 3 nitrogen and oxygen atoms in total. The minimum Gasteiger partial charge on any atom is -0.382 e. The van der Waals surface area contributed by atoms with Crippen LogP contribution in [0.4, 0.5) is 0 Å². The van der Waals surface area contributed by atoms with Crippen molar-refractivity contribution in [2.24, 2.45) is 0 Å². The van der Waals surface area contributed by atoms with Crippen LogP contribution < -0.4 is 0 Å². The molecule has 1 heterocycles. The van der Waals surface area contributed by atoms with Crippen molar-refractivity contribution in [2.75, 3.05) is 0 Å². The fourth-order valence-corrected chi connectivity index (χ4v) is 2.69. The van der Waals surface area contributed by atoms with Gasteiger partial charge < -0.3 is 5.11 Å². The molecule has 0 saturated carbocycles. The van der Waals surface area contributed by atoms with E-state index in [1.165, 1.54) is 0 Å². The Balaban J connectivity index is 2.34. The van der Waals surface area contributed by atoms with Gasteiger partial charge in [0, 0.05) is 17.2 Å². The van der Waals surface area contributed by atoms with Gasteiger partial charge in [0.1, 0.15) is 6.10 Å². The van der Waals surface area contributed by atoms with E-state index >= 15 is 0 Å². The van der Waals surface area contributed by atoms with Crippen molar-refractivity contribution < 1.29 is 5.11 Å². The number of aliphatic hydroxyl groups excluding tert-OH is 1. The smallest absolute Gasteiger partial charge is 0.121 e. The number of hydrogen-bond acceptors (Lipinski definition) is 2. The standard InChI is InChI=1S/C14H17BrN2O/c1-3-6-17-13(4-5-16-17)14(18)11-7-10(2)8-12(15)9-11/h4-5,7-9,14,18H,3,6H2,1-2H3. The summed E-state index contributed by atoms with van der Waals surface area (Å²) in [5, 5.41) is 14.7.